The van der Waals surface area contributed by atoms with Crippen molar-refractivity contribution >= 4 is 17.7 Å². The van der Waals surface area contributed by atoms with Crippen molar-refractivity contribution in [1.29, 1.82) is 0 Å². The van der Waals surface area contributed by atoms with Gasteiger partial charge in [-0.25, -0.2) is 4.79 Å². The van der Waals surface area contributed by atoms with E-state index >= 15 is 0 Å². The second kappa shape index (κ2) is 6.61. The first-order valence-electron chi connectivity index (χ1n) is 7.35. The molecule has 114 valence electrons. The summed E-state index contributed by atoms with van der Waals surface area (Å²) in [6, 6.07) is 7.10. The molecule has 1 heterocycles. The average Bonchev–Trinajstić information content (AvgIpc) is 2.43. The van der Waals surface area contributed by atoms with Crippen molar-refractivity contribution in [2.45, 2.75) is 39.2 Å². The van der Waals surface area contributed by atoms with Gasteiger partial charge in [0.15, 0.2) is 0 Å². The molecule has 1 aliphatic rings. The van der Waals surface area contributed by atoms with Gasteiger partial charge in [-0.15, -0.1) is 0 Å². The predicted molar refractivity (Wildman–Crippen MR) is 81.4 cm³/mol. The summed E-state index contributed by atoms with van der Waals surface area (Å²) in [6.07, 6.45) is 2.19. The first kappa shape index (κ1) is 15.4. The number of anilines is 1. The number of aliphatic carboxylic acids is 1. The van der Waals surface area contributed by atoms with Crippen LogP contribution in [-0.2, 0) is 11.2 Å². The largest absolute Gasteiger partial charge is 0.481 e. The standard InChI is InChI=1S/C16H22N2O3/c1-11-4-3-9-18(12(11)2)16(21)17-14-7-5-13(6-8-14)10-15(19)20/h5-8,11-12H,3-4,9-10H2,1-2H3,(H,17,21)(H,19,20). The zero-order valence-corrected chi connectivity index (χ0v) is 12.5. The maximum atomic E-state index is 12.3. The number of hydrogen-bond donors (Lipinski definition) is 2. The zero-order chi connectivity index (χ0) is 15.4. The van der Waals surface area contributed by atoms with Crippen LogP contribution < -0.4 is 5.32 Å². The third-order valence-corrected chi connectivity index (χ3v) is 4.20. The van der Waals surface area contributed by atoms with E-state index in [1.807, 2.05) is 4.90 Å². The summed E-state index contributed by atoms with van der Waals surface area (Å²) in [5, 5.41) is 11.6. The fourth-order valence-corrected chi connectivity index (χ4v) is 2.70. The van der Waals surface area contributed by atoms with Crippen LogP contribution in [-0.4, -0.2) is 34.6 Å². The molecule has 2 unspecified atom stereocenters. The number of likely N-dealkylation sites (tertiary alicyclic amines) is 1. The second-order valence-electron chi connectivity index (χ2n) is 5.75. The lowest BCUT2D eigenvalue weighted by Crippen LogP contribution is -2.47. The molecule has 21 heavy (non-hydrogen) atoms. The summed E-state index contributed by atoms with van der Waals surface area (Å²) in [7, 11) is 0. The first-order chi connectivity index (χ1) is 9.97. The molecule has 2 N–H and O–H groups in total. The van der Waals surface area contributed by atoms with Gasteiger partial charge < -0.3 is 15.3 Å². The topological polar surface area (TPSA) is 69.6 Å². The maximum Gasteiger partial charge on any atom is 0.322 e. The molecule has 1 aliphatic heterocycles. The summed E-state index contributed by atoms with van der Waals surface area (Å²) in [4.78, 5) is 24.8. The van der Waals surface area contributed by atoms with Crippen molar-refractivity contribution < 1.29 is 14.7 Å². The van der Waals surface area contributed by atoms with Gasteiger partial charge in [0, 0.05) is 18.3 Å². The summed E-state index contributed by atoms with van der Waals surface area (Å²) in [5.74, 6) is -0.342. The quantitative estimate of drug-likeness (QED) is 0.899. The predicted octanol–water partition coefficient (Wildman–Crippen LogP) is 2.97. The van der Waals surface area contributed by atoms with Crippen molar-refractivity contribution in [3.63, 3.8) is 0 Å². The van der Waals surface area contributed by atoms with Gasteiger partial charge in [0.2, 0.25) is 0 Å². The van der Waals surface area contributed by atoms with E-state index < -0.39 is 5.97 Å². The van der Waals surface area contributed by atoms with Crippen LogP contribution in [0.5, 0.6) is 0 Å². The lowest BCUT2D eigenvalue weighted by atomic mass is 9.92. The summed E-state index contributed by atoms with van der Waals surface area (Å²) < 4.78 is 0. The third-order valence-electron chi connectivity index (χ3n) is 4.20. The summed E-state index contributed by atoms with van der Waals surface area (Å²) in [6.45, 7) is 5.04. The molecule has 0 aliphatic carbocycles. The number of piperidine rings is 1. The van der Waals surface area contributed by atoms with Crippen LogP contribution in [0.15, 0.2) is 24.3 Å². The number of carboxylic acids is 1. The molecule has 5 nitrogen and oxygen atoms in total. The number of hydrogen-bond acceptors (Lipinski definition) is 2. The van der Waals surface area contributed by atoms with E-state index in [0.717, 1.165) is 24.9 Å². The Bertz CT molecular complexity index is 513. The third kappa shape index (κ3) is 3.97. The van der Waals surface area contributed by atoms with E-state index in [9.17, 15) is 9.59 Å². The Morgan fingerprint density at radius 2 is 1.95 bits per heavy atom. The normalized spacial score (nSPS) is 21.9. The molecule has 0 bridgehead atoms. The molecule has 2 amide bonds. The van der Waals surface area contributed by atoms with Crippen LogP contribution >= 0.6 is 0 Å². The highest BCUT2D eigenvalue weighted by atomic mass is 16.4. The monoisotopic (exact) mass is 290 g/mol. The van der Waals surface area contributed by atoms with Gasteiger partial charge in [-0.05, 0) is 43.4 Å². The summed E-state index contributed by atoms with van der Waals surface area (Å²) >= 11 is 0. The highest BCUT2D eigenvalue weighted by Crippen LogP contribution is 2.23. The summed E-state index contributed by atoms with van der Waals surface area (Å²) in [5.41, 5.74) is 1.42. The van der Waals surface area contributed by atoms with Crippen molar-refractivity contribution in [2.75, 3.05) is 11.9 Å². The van der Waals surface area contributed by atoms with Crippen LogP contribution in [0.1, 0.15) is 32.3 Å². The Morgan fingerprint density at radius 3 is 2.57 bits per heavy atom. The zero-order valence-electron chi connectivity index (χ0n) is 12.5. The minimum absolute atomic E-state index is 0.00506. The van der Waals surface area contributed by atoms with Gasteiger partial charge in [-0.2, -0.15) is 0 Å². The first-order valence-corrected chi connectivity index (χ1v) is 7.35. The van der Waals surface area contributed by atoms with E-state index in [4.69, 9.17) is 5.11 Å². The molecular weight excluding hydrogens is 268 g/mol. The molecule has 1 aromatic carbocycles. The Labute approximate surface area is 125 Å². The van der Waals surface area contributed by atoms with Crippen LogP contribution in [0.25, 0.3) is 0 Å². The number of nitrogens with zero attached hydrogens (tertiary/aromatic N) is 1. The molecule has 1 aromatic rings. The number of benzene rings is 1. The van der Waals surface area contributed by atoms with Gasteiger partial charge in [0.05, 0.1) is 6.42 Å². The number of carbonyl (C=O) groups excluding carboxylic acids is 1. The van der Waals surface area contributed by atoms with Crippen LogP contribution in [0, 0.1) is 5.92 Å². The molecule has 1 saturated heterocycles. The van der Waals surface area contributed by atoms with Crippen molar-refractivity contribution in [3.05, 3.63) is 29.8 Å². The van der Waals surface area contributed by atoms with E-state index in [1.54, 1.807) is 24.3 Å². The fraction of sp³-hybridized carbons (Fsp3) is 0.500. The van der Waals surface area contributed by atoms with Crippen molar-refractivity contribution in [1.82, 2.24) is 4.90 Å². The van der Waals surface area contributed by atoms with Crippen LogP contribution in [0.4, 0.5) is 10.5 Å². The van der Waals surface area contributed by atoms with Gasteiger partial charge in [-0.3, -0.25) is 4.79 Å². The van der Waals surface area contributed by atoms with E-state index in [0.29, 0.717) is 11.6 Å². The van der Waals surface area contributed by atoms with E-state index in [1.165, 1.54) is 0 Å². The minimum atomic E-state index is -0.858. The molecule has 0 saturated carbocycles. The number of carbonyl (C=O) groups is 2. The minimum Gasteiger partial charge on any atom is -0.481 e. The Balaban J connectivity index is 1.97. The molecular formula is C16H22N2O3. The molecule has 5 heteroatoms. The lowest BCUT2D eigenvalue weighted by Gasteiger charge is -2.37. The van der Waals surface area contributed by atoms with Gasteiger partial charge >= 0.3 is 12.0 Å². The van der Waals surface area contributed by atoms with E-state index in [-0.39, 0.29) is 18.5 Å². The Morgan fingerprint density at radius 1 is 1.29 bits per heavy atom. The molecule has 2 atom stereocenters. The van der Waals surface area contributed by atoms with Crippen LogP contribution in [0.3, 0.4) is 0 Å². The van der Waals surface area contributed by atoms with Gasteiger partial charge in [-0.1, -0.05) is 19.1 Å². The number of carboxylic acid groups (broad SMARTS) is 1. The fourth-order valence-electron chi connectivity index (χ4n) is 2.70. The number of nitrogens with one attached hydrogen (secondary N) is 1. The molecule has 1 fully saturated rings. The number of rotatable bonds is 3. The average molecular weight is 290 g/mol. The van der Waals surface area contributed by atoms with Crippen LogP contribution in [0.2, 0.25) is 0 Å². The number of urea groups is 1. The molecule has 0 aromatic heterocycles. The highest BCUT2D eigenvalue weighted by molar-refractivity contribution is 5.89. The smallest absolute Gasteiger partial charge is 0.322 e. The van der Waals surface area contributed by atoms with Crippen molar-refractivity contribution in [3.8, 4) is 0 Å². The maximum absolute atomic E-state index is 12.3. The molecule has 2 rings (SSSR count). The molecule has 0 spiro atoms. The van der Waals surface area contributed by atoms with Crippen molar-refractivity contribution in [2.24, 2.45) is 5.92 Å². The number of amides is 2. The Hall–Kier alpha value is -2.04. The van der Waals surface area contributed by atoms with Gasteiger partial charge in [0.1, 0.15) is 0 Å². The highest BCUT2D eigenvalue weighted by Gasteiger charge is 2.28. The second-order valence-corrected chi connectivity index (χ2v) is 5.75. The lowest BCUT2D eigenvalue weighted by molar-refractivity contribution is -0.136. The SMILES string of the molecule is CC1CCCN(C(=O)Nc2ccc(CC(=O)O)cc2)C1C. The van der Waals surface area contributed by atoms with E-state index in [2.05, 4.69) is 19.2 Å². The molecule has 0 radical (unpaired) electrons. The Kier molecular flexibility index (Phi) is 4.83. The van der Waals surface area contributed by atoms with Gasteiger partial charge in [0.25, 0.3) is 0 Å².